The Morgan fingerprint density at radius 2 is 2.04 bits per heavy atom. The molecule has 3 aliphatic carbocycles. The summed E-state index contributed by atoms with van der Waals surface area (Å²) >= 11 is 0. The number of hydrogen-bond donors (Lipinski definition) is 2. The zero-order chi connectivity index (χ0) is 15.3. The molecular weight excluding hydrogens is 289 g/mol. The van der Waals surface area contributed by atoms with Gasteiger partial charge in [-0.2, -0.15) is 0 Å². The number of likely N-dealkylation sites (tertiary alicyclic amines) is 1. The monoisotopic (exact) mass is 315 g/mol. The molecule has 2 aliphatic heterocycles. The zero-order valence-electron chi connectivity index (χ0n) is 13.1. The first-order valence-corrected chi connectivity index (χ1v) is 8.33. The topological polar surface area (TPSA) is 52.9 Å². The van der Waals surface area contributed by atoms with E-state index in [1.54, 1.807) is 0 Å². The van der Waals surface area contributed by atoms with Gasteiger partial charge in [-0.25, -0.2) is 0 Å². The van der Waals surface area contributed by atoms with Gasteiger partial charge in [0.25, 0.3) is 0 Å². The molecule has 0 aromatic rings. The summed E-state index contributed by atoms with van der Waals surface area (Å²) in [5, 5.41) is 21.2. The molecule has 2 heterocycles. The minimum atomic E-state index is -0.680. The molecule has 0 saturated carbocycles. The molecular formula is C18H26BNO3. The highest BCUT2D eigenvalue weighted by molar-refractivity contribution is 5.75. The quantitative estimate of drug-likeness (QED) is 0.481. The molecule has 2 fully saturated rings. The van der Waals surface area contributed by atoms with Gasteiger partial charge in [0, 0.05) is 17.4 Å². The second-order valence-electron chi connectivity index (χ2n) is 7.79. The van der Waals surface area contributed by atoms with Crippen LogP contribution in [0.5, 0.6) is 0 Å². The molecule has 5 aliphatic rings. The van der Waals surface area contributed by atoms with Crippen molar-refractivity contribution in [1.29, 1.82) is 0 Å². The van der Waals surface area contributed by atoms with E-state index in [1.807, 2.05) is 19.1 Å². The van der Waals surface area contributed by atoms with Gasteiger partial charge in [0.15, 0.2) is 0 Å². The Kier molecular flexibility index (Phi) is 3.13. The van der Waals surface area contributed by atoms with E-state index in [-0.39, 0.29) is 19.9 Å². The third kappa shape index (κ3) is 1.57. The van der Waals surface area contributed by atoms with Crippen LogP contribution in [0.1, 0.15) is 19.8 Å². The van der Waals surface area contributed by atoms with Gasteiger partial charge in [0.05, 0.1) is 20.6 Å². The molecule has 0 aromatic carbocycles. The summed E-state index contributed by atoms with van der Waals surface area (Å²) in [7, 11) is 2.20. The van der Waals surface area contributed by atoms with Crippen LogP contribution in [0.15, 0.2) is 35.5 Å². The number of allylic oxidation sites excluding steroid dienone is 1. The van der Waals surface area contributed by atoms with Crippen LogP contribution < -0.4 is 0 Å². The predicted octanol–water partition coefficient (Wildman–Crippen LogP) is -0.172. The standard InChI is InChI=1S/C18H23NO3.BH3/c1-17-14(21)6-3-10-9-12-11-4-5-13(20)16(22-17)18(11,15(10)17)7-8-19(12)2;/h3-6,11-14,16,20-21H,7-9H2,1-2H3;1H3/t11-,12+,13-,14?,16-,17?,18-;/m0./s1. The van der Waals surface area contributed by atoms with E-state index in [1.165, 1.54) is 11.1 Å². The van der Waals surface area contributed by atoms with Crippen molar-refractivity contribution >= 4 is 8.41 Å². The summed E-state index contributed by atoms with van der Waals surface area (Å²) < 4.78 is 6.39. The van der Waals surface area contributed by atoms with Crippen LogP contribution in [0.2, 0.25) is 0 Å². The number of piperidine rings is 1. The lowest BCUT2D eigenvalue weighted by Gasteiger charge is -2.58. The molecule has 4 nitrogen and oxygen atoms in total. The molecule has 5 heteroatoms. The fourth-order valence-electron chi connectivity index (χ4n) is 5.96. The second-order valence-corrected chi connectivity index (χ2v) is 7.79. The van der Waals surface area contributed by atoms with E-state index in [9.17, 15) is 10.2 Å². The summed E-state index contributed by atoms with van der Waals surface area (Å²) in [6, 6.07) is 0.463. The minimum absolute atomic E-state index is 0. The summed E-state index contributed by atoms with van der Waals surface area (Å²) in [5.41, 5.74) is 1.78. The number of aliphatic hydroxyl groups is 2. The highest BCUT2D eigenvalue weighted by Gasteiger charge is 2.69. The van der Waals surface area contributed by atoms with Crippen molar-refractivity contribution in [2.45, 2.75) is 49.7 Å². The van der Waals surface area contributed by atoms with Gasteiger partial charge in [-0.1, -0.05) is 24.3 Å². The van der Waals surface area contributed by atoms with Gasteiger partial charge < -0.3 is 19.8 Å². The average Bonchev–Trinajstić information content (AvgIpc) is 2.78. The maximum absolute atomic E-state index is 10.6. The third-order valence-electron chi connectivity index (χ3n) is 6.92. The van der Waals surface area contributed by atoms with E-state index in [2.05, 4.69) is 24.1 Å². The van der Waals surface area contributed by atoms with E-state index < -0.39 is 17.8 Å². The fourth-order valence-corrected chi connectivity index (χ4v) is 5.96. The van der Waals surface area contributed by atoms with Crippen molar-refractivity contribution in [2.75, 3.05) is 13.6 Å². The first-order valence-electron chi connectivity index (χ1n) is 8.33. The minimum Gasteiger partial charge on any atom is -0.386 e. The molecule has 0 amide bonds. The molecule has 0 aromatic heterocycles. The number of nitrogens with zero attached hydrogens (tertiary/aromatic N) is 1. The molecule has 0 radical (unpaired) electrons. The Bertz CT molecular complexity index is 644. The van der Waals surface area contributed by atoms with Crippen LogP contribution in [-0.4, -0.2) is 67.1 Å². The van der Waals surface area contributed by atoms with Crippen LogP contribution in [0.4, 0.5) is 0 Å². The smallest absolute Gasteiger partial charge is 0.117 e. The lowest BCUT2D eigenvalue weighted by Crippen LogP contribution is -2.62. The van der Waals surface area contributed by atoms with Gasteiger partial charge in [0.1, 0.15) is 11.7 Å². The second kappa shape index (κ2) is 4.60. The third-order valence-corrected chi connectivity index (χ3v) is 6.92. The van der Waals surface area contributed by atoms with Crippen LogP contribution >= 0.6 is 0 Å². The Labute approximate surface area is 139 Å². The van der Waals surface area contributed by atoms with Crippen molar-refractivity contribution in [1.82, 2.24) is 4.90 Å². The Morgan fingerprint density at radius 1 is 1.26 bits per heavy atom. The van der Waals surface area contributed by atoms with Gasteiger partial charge in [-0.15, -0.1) is 0 Å². The summed E-state index contributed by atoms with van der Waals surface area (Å²) in [6.45, 7) is 3.03. The van der Waals surface area contributed by atoms with Crippen LogP contribution in [0.25, 0.3) is 0 Å². The van der Waals surface area contributed by atoms with Crippen LogP contribution in [0, 0.1) is 11.3 Å². The maximum atomic E-state index is 10.6. The van der Waals surface area contributed by atoms with Gasteiger partial charge in [-0.3, -0.25) is 0 Å². The highest BCUT2D eigenvalue weighted by atomic mass is 16.5. The first-order chi connectivity index (χ1) is 10.5. The molecule has 124 valence electrons. The van der Waals surface area contributed by atoms with Crippen molar-refractivity contribution in [3.8, 4) is 0 Å². The SMILES string of the molecule is B.CN1CC[C@]23C4=C5C=CC(O)C4(C)O[C@H]2[C@@H](O)C=C[C@H]3[C@H]1C5. The highest BCUT2D eigenvalue weighted by Crippen LogP contribution is 2.66. The van der Waals surface area contributed by atoms with Gasteiger partial charge >= 0.3 is 0 Å². The summed E-state index contributed by atoms with van der Waals surface area (Å²) in [6.07, 6.45) is 8.64. The van der Waals surface area contributed by atoms with E-state index >= 15 is 0 Å². The summed E-state index contributed by atoms with van der Waals surface area (Å²) in [5.74, 6) is 0.374. The van der Waals surface area contributed by atoms with E-state index in [0.29, 0.717) is 12.0 Å². The number of ether oxygens (including phenoxy) is 1. The molecule has 23 heavy (non-hydrogen) atoms. The van der Waals surface area contributed by atoms with Crippen LogP contribution in [-0.2, 0) is 4.74 Å². The lowest BCUT2D eigenvalue weighted by molar-refractivity contribution is -0.135. The lowest BCUT2D eigenvalue weighted by atomic mass is 9.50. The van der Waals surface area contributed by atoms with Gasteiger partial charge in [0.2, 0.25) is 0 Å². The summed E-state index contributed by atoms with van der Waals surface area (Å²) in [4.78, 5) is 2.45. The maximum Gasteiger partial charge on any atom is 0.117 e. The van der Waals surface area contributed by atoms with E-state index in [4.69, 9.17) is 4.74 Å². The number of rotatable bonds is 0. The fraction of sp³-hybridized carbons (Fsp3) is 0.667. The molecule has 7 atom stereocenters. The van der Waals surface area contributed by atoms with Gasteiger partial charge in [-0.05, 0) is 44.5 Å². The molecule has 2 N–H and O–H groups in total. The van der Waals surface area contributed by atoms with Crippen molar-refractivity contribution in [2.24, 2.45) is 11.3 Å². The predicted molar refractivity (Wildman–Crippen MR) is 92.1 cm³/mol. The Morgan fingerprint density at radius 3 is 2.83 bits per heavy atom. The number of aliphatic hydroxyl groups excluding tert-OH is 2. The molecule has 2 bridgehead atoms. The van der Waals surface area contributed by atoms with Crippen molar-refractivity contribution < 1.29 is 14.9 Å². The first kappa shape index (κ1) is 15.6. The normalized spacial score (nSPS) is 53.1. The molecule has 2 saturated heterocycles. The number of hydrogen-bond acceptors (Lipinski definition) is 4. The Balaban J connectivity index is 0.00000135. The van der Waals surface area contributed by atoms with E-state index in [0.717, 1.165) is 19.4 Å². The van der Waals surface area contributed by atoms with Crippen molar-refractivity contribution in [3.63, 3.8) is 0 Å². The van der Waals surface area contributed by atoms with Crippen molar-refractivity contribution in [3.05, 3.63) is 35.5 Å². The largest absolute Gasteiger partial charge is 0.386 e. The molecule has 1 spiro atoms. The van der Waals surface area contributed by atoms with Crippen LogP contribution in [0.3, 0.4) is 0 Å². The Hall–Kier alpha value is -0.875. The zero-order valence-corrected chi connectivity index (χ0v) is 13.1. The molecule has 2 unspecified atom stereocenters. The average molecular weight is 315 g/mol. The molecule has 5 rings (SSSR count).